The molecule has 1 atom stereocenters. The third-order valence-electron chi connectivity index (χ3n) is 3.02. The summed E-state index contributed by atoms with van der Waals surface area (Å²) in [5, 5.41) is 11.5. The topological polar surface area (TPSA) is 70.0 Å². The first-order valence-electron chi connectivity index (χ1n) is 6.20. The second-order valence-corrected chi connectivity index (χ2v) is 5.03. The van der Waals surface area contributed by atoms with Crippen molar-refractivity contribution in [2.24, 2.45) is 0 Å². The van der Waals surface area contributed by atoms with E-state index < -0.39 is 0 Å². The minimum Gasteiger partial charge on any atom is -0.397 e. The average molecular weight is 247 g/mol. The number of anilines is 2. The number of nitrogen functional groups attached to an aromatic ring is 1. The molecule has 1 heterocycles. The van der Waals surface area contributed by atoms with Crippen molar-refractivity contribution in [1.82, 2.24) is 15.1 Å². The largest absolute Gasteiger partial charge is 0.397 e. The third-order valence-corrected chi connectivity index (χ3v) is 3.02. The summed E-state index contributed by atoms with van der Waals surface area (Å²) in [5.41, 5.74) is 8.78. The lowest BCUT2D eigenvalue weighted by Crippen LogP contribution is -2.23. The molecule has 98 valence electrons. The first-order valence-corrected chi connectivity index (χ1v) is 6.20. The van der Waals surface area contributed by atoms with Crippen LogP contribution in [0.25, 0.3) is 10.9 Å². The minimum absolute atomic E-state index is 0.384. The summed E-state index contributed by atoms with van der Waals surface area (Å²) in [5.74, 6) is 0. The van der Waals surface area contributed by atoms with Crippen molar-refractivity contribution in [2.45, 2.75) is 19.4 Å². The molecule has 0 spiro atoms. The Hall–Kier alpha value is -1.75. The molecular weight excluding hydrogens is 226 g/mol. The second-order valence-electron chi connectivity index (χ2n) is 5.03. The van der Waals surface area contributed by atoms with E-state index in [9.17, 15) is 0 Å². The molecular formula is C13H21N5. The molecule has 0 bridgehead atoms. The molecule has 0 aliphatic heterocycles. The van der Waals surface area contributed by atoms with Crippen molar-refractivity contribution < 1.29 is 0 Å². The number of H-pyrrole nitrogens is 1. The lowest BCUT2D eigenvalue weighted by atomic mass is 10.1. The van der Waals surface area contributed by atoms with Crippen LogP contribution in [0.15, 0.2) is 18.3 Å². The van der Waals surface area contributed by atoms with E-state index in [2.05, 4.69) is 41.4 Å². The standard InChI is InChI=1S/C13H21N5/c1-9(4-5-18(2)3)16-13-7-12-10(6-11(13)14)8-15-17-12/h6-9,16H,4-5,14H2,1-3H3,(H,15,17). The van der Waals surface area contributed by atoms with Crippen LogP contribution in [0.2, 0.25) is 0 Å². The van der Waals surface area contributed by atoms with Gasteiger partial charge in [-0.25, -0.2) is 0 Å². The Bertz CT molecular complexity index is 517. The molecule has 0 saturated carbocycles. The fourth-order valence-corrected chi connectivity index (χ4v) is 1.92. The molecule has 2 rings (SSSR count). The number of benzene rings is 1. The predicted molar refractivity (Wildman–Crippen MR) is 76.8 cm³/mol. The van der Waals surface area contributed by atoms with Gasteiger partial charge in [0.15, 0.2) is 0 Å². The Balaban J connectivity index is 2.08. The highest BCUT2D eigenvalue weighted by molar-refractivity contribution is 5.88. The van der Waals surface area contributed by atoms with Gasteiger partial charge in [0.1, 0.15) is 0 Å². The zero-order valence-corrected chi connectivity index (χ0v) is 11.2. The second kappa shape index (κ2) is 5.27. The van der Waals surface area contributed by atoms with Crippen LogP contribution in [0.4, 0.5) is 11.4 Å². The molecule has 1 aromatic heterocycles. The Morgan fingerprint density at radius 2 is 2.22 bits per heavy atom. The number of nitrogens with zero attached hydrogens (tertiary/aromatic N) is 2. The van der Waals surface area contributed by atoms with Crippen molar-refractivity contribution in [3.8, 4) is 0 Å². The molecule has 5 nitrogen and oxygen atoms in total. The van der Waals surface area contributed by atoms with Gasteiger partial charge in [-0.2, -0.15) is 5.10 Å². The van der Waals surface area contributed by atoms with Crippen molar-refractivity contribution in [2.75, 3.05) is 31.7 Å². The number of aromatic nitrogens is 2. The maximum atomic E-state index is 6.04. The number of hydrogen-bond acceptors (Lipinski definition) is 4. The molecule has 18 heavy (non-hydrogen) atoms. The van der Waals surface area contributed by atoms with E-state index in [-0.39, 0.29) is 0 Å². The lowest BCUT2D eigenvalue weighted by molar-refractivity contribution is 0.390. The summed E-state index contributed by atoms with van der Waals surface area (Å²) in [6.07, 6.45) is 2.86. The monoisotopic (exact) mass is 247 g/mol. The highest BCUT2D eigenvalue weighted by Crippen LogP contribution is 2.25. The molecule has 1 aromatic carbocycles. The van der Waals surface area contributed by atoms with Gasteiger partial charge >= 0.3 is 0 Å². The van der Waals surface area contributed by atoms with E-state index in [0.29, 0.717) is 6.04 Å². The van der Waals surface area contributed by atoms with Crippen LogP contribution in [0, 0.1) is 0 Å². The fraction of sp³-hybridized carbons (Fsp3) is 0.462. The number of fused-ring (bicyclic) bond motifs is 1. The number of nitrogens with two attached hydrogens (primary N) is 1. The van der Waals surface area contributed by atoms with Gasteiger partial charge in [0.05, 0.1) is 23.1 Å². The van der Waals surface area contributed by atoms with Gasteiger partial charge in [0.2, 0.25) is 0 Å². The predicted octanol–water partition coefficient (Wildman–Crippen LogP) is 1.90. The normalized spacial score (nSPS) is 13.1. The molecule has 0 aliphatic carbocycles. The quantitative estimate of drug-likeness (QED) is 0.706. The highest BCUT2D eigenvalue weighted by atomic mass is 15.1. The van der Waals surface area contributed by atoms with Crippen molar-refractivity contribution in [1.29, 1.82) is 0 Å². The average Bonchev–Trinajstić information content (AvgIpc) is 2.74. The van der Waals surface area contributed by atoms with Crippen LogP contribution in [0.3, 0.4) is 0 Å². The van der Waals surface area contributed by atoms with Crippen LogP contribution >= 0.6 is 0 Å². The van der Waals surface area contributed by atoms with Gasteiger partial charge in [0, 0.05) is 11.4 Å². The van der Waals surface area contributed by atoms with Crippen LogP contribution in [-0.4, -0.2) is 41.8 Å². The van der Waals surface area contributed by atoms with Gasteiger partial charge < -0.3 is 16.0 Å². The number of rotatable bonds is 5. The Labute approximate surface area is 107 Å². The summed E-state index contributed by atoms with van der Waals surface area (Å²) in [4.78, 5) is 2.18. The van der Waals surface area contributed by atoms with Crippen molar-refractivity contribution >= 4 is 22.3 Å². The number of hydrogen-bond donors (Lipinski definition) is 3. The third kappa shape index (κ3) is 2.92. The summed E-state index contributed by atoms with van der Waals surface area (Å²) in [6, 6.07) is 4.35. The van der Waals surface area contributed by atoms with E-state index in [1.807, 2.05) is 12.1 Å². The fourth-order valence-electron chi connectivity index (χ4n) is 1.92. The minimum atomic E-state index is 0.384. The van der Waals surface area contributed by atoms with Gasteiger partial charge in [-0.05, 0) is 46.1 Å². The molecule has 5 heteroatoms. The van der Waals surface area contributed by atoms with Gasteiger partial charge in [-0.1, -0.05) is 0 Å². The first kappa shape index (κ1) is 12.7. The van der Waals surface area contributed by atoms with Gasteiger partial charge in [-0.3, -0.25) is 5.10 Å². The molecule has 0 saturated heterocycles. The maximum absolute atomic E-state index is 6.04. The Kier molecular flexibility index (Phi) is 3.72. The van der Waals surface area contributed by atoms with Crippen LogP contribution in [0.5, 0.6) is 0 Å². The van der Waals surface area contributed by atoms with Gasteiger partial charge in [0.25, 0.3) is 0 Å². The van der Waals surface area contributed by atoms with Crippen LogP contribution < -0.4 is 11.1 Å². The summed E-state index contributed by atoms with van der Waals surface area (Å²) in [6.45, 7) is 3.22. The lowest BCUT2D eigenvalue weighted by Gasteiger charge is -2.19. The number of nitrogens with one attached hydrogen (secondary N) is 2. The SMILES string of the molecule is CC(CCN(C)C)Nc1cc2[nH]ncc2cc1N. The van der Waals surface area contributed by atoms with Crippen molar-refractivity contribution in [3.05, 3.63) is 18.3 Å². The Morgan fingerprint density at radius 1 is 1.44 bits per heavy atom. The summed E-state index contributed by atoms with van der Waals surface area (Å²) >= 11 is 0. The molecule has 0 radical (unpaired) electrons. The van der Waals surface area contributed by atoms with E-state index >= 15 is 0 Å². The van der Waals surface area contributed by atoms with E-state index in [4.69, 9.17) is 5.73 Å². The molecule has 2 aromatic rings. The maximum Gasteiger partial charge on any atom is 0.0672 e. The van der Waals surface area contributed by atoms with Crippen molar-refractivity contribution in [3.63, 3.8) is 0 Å². The van der Waals surface area contributed by atoms with Gasteiger partial charge in [-0.15, -0.1) is 0 Å². The number of aromatic amines is 1. The molecule has 0 fully saturated rings. The molecule has 1 unspecified atom stereocenters. The first-order chi connectivity index (χ1) is 8.56. The summed E-state index contributed by atoms with van der Waals surface area (Å²) in [7, 11) is 4.16. The zero-order valence-electron chi connectivity index (χ0n) is 11.2. The van der Waals surface area contributed by atoms with Crippen LogP contribution in [-0.2, 0) is 0 Å². The van der Waals surface area contributed by atoms with E-state index in [1.54, 1.807) is 6.20 Å². The highest BCUT2D eigenvalue weighted by Gasteiger charge is 2.07. The van der Waals surface area contributed by atoms with Crippen LogP contribution in [0.1, 0.15) is 13.3 Å². The molecule has 4 N–H and O–H groups in total. The van der Waals surface area contributed by atoms with E-state index in [1.165, 1.54) is 0 Å². The molecule has 0 amide bonds. The summed E-state index contributed by atoms with van der Waals surface area (Å²) < 4.78 is 0. The Morgan fingerprint density at radius 3 is 2.94 bits per heavy atom. The van der Waals surface area contributed by atoms with E-state index in [0.717, 1.165) is 35.2 Å². The zero-order chi connectivity index (χ0) is 13.1. The smallest absolute Gasteiger partial charge is 0.0672 e. The molecule has 0 aliphatic rings.